The number of hydrogen-bond acceptors (Lipinski definition) is 3. The van der Waals surface area contributed by atoms with Crippen LogP contribution in [0, 0.1) is 21.3 Å². The summed E-state index contributed by atoms with van der Waals surface area (Å²) in [7, 11) is 5.61. The van der Waals surface area contributed by atoms with E-state index in [0.29, 0.717) is 0 Å². The van der Waals surface area contributed by atoms with Crippen LogP contribution in [0.5, 0.6) is 5.75 Å². The molecule has 6 heteroatoms. The number of nitrogens with one attached hydrogen (secondary N) is 1. The van der Waals surface area contributed by atoms with Gasteiger partial charge in [-0.3, -0.25) is 9.69 Å². The predicted molar refractivity (Wildman–Crippen MR) is 87.8 cm³/mol. The second kappa shape index (κ2) is 10.3. The zero-order valence-corrected chi connectivity index (χ0v) is 20.5. The quantitative estimate of drug-likeness (QED) is 0.570. The van der Waals surface area contributed by atoms with E-state index < -0.39 is 0 Å². The SMILES string of the molecule is COc1cc(C)c(NC(=O)C2(N(C)C)CCC2)c(C)c1.[CH3-].[Re].[Y]. The van der Waals surface area contributed by atoms with Crippen molar-refractivity contribution in [2.45, 2.75) is 38.6 Å². The molecule has 1 saturated carbocycles. The Labute approximate surface area is 179 Å². The van der Waals surface area contributed by atoms with Gasteiger partial charge in [0, 0.05) is 58.8 Å². The second-order valence-electron chi connectivity index (χ2n) is 5.87. The topological polar surface area (TPSA) is 41.6 Å². The number of anilines is 1. The van der Waals surface area contributed by atoms with Gasteiger partial charge in [0.25, 0.3) is 0 Å². The van der Waals surface area contributed by atoms with Crippen LogP contribution in [0.4, 0.5) is 5.69 Å². The molecule has 1 aromatic rings. The molecule has 1 aliphatic rings. The third-order valence-corrected chi connectivity index (χ3v) is 4.44. The van der Waals surface area contributed by atoms with Gasteiger partial charge in [0.15, 0.2) is 0 Å². The van der Waals surface area contributed by atoms with Gasteiger partial charge in [-0.1, -0.05) is 0 Å². The summed E-state index contributed by atoms with van der Waals surface area (Å²) >= 11 is 0. The number of aryl methyl sites for hydroxylation is 2. The van der Waals surface area contributed by atoms with E-state index in [1.54, 1.807) is 7.11 Å². The summed E-state index contributed by atoms with van der Waals surface area (Å²) in [5.41, 5.74) is 2.63. The monoisotopic (exact) mass is 567 g/mol. The van der Waals surface area contributed by atoms with Crippen LogP contribution in [-0.2, 0) is 57.9 Å². The van der Waals surface area contributed by atoms with Gasteiger partial charge in [-0.25, -0.2) is 0 Å². The number of rotatable bonds is 4. The molecule has 1 aromatic carbocycles. The van der Waals surface area contributed by atoms with Crippen LogP contribution in [0.3, 0.4) is 0 Å². The molecule has 0 heterocycles. The third-order valence-electron chi connectivity index (χ3n) is 4.44. The van der Waals surface area contributed by atoms with Gasteiger partial charge < -0.3 is 17.5 Å². The fourth-order valence-corrected chi connectivity index (χ4v) is 2.86. The van der Waals surface area contributed by atoms with Crippen LogP contribution in [0.2, 0.25) is 0 Å². The molecule has 0 unspecified atom stereocenters. The van der Waals surface area contributed by atoms with E-state index in [1.807, 2.05) is 45.0 Å². The molecule has 2 rings (SSSR count). The molecule has 1 aliphatic carbocycles. The molecular weight excluding hydrogens is 539 g/mol. The van der Waals surface area contributed by atoms with Crippen molar-refractivity contribution in [1.29, 1.82) is 0 Å². The molecule has 0 aromatic heterocycles. The molecule has 0 atom stereocenters. The van der Waals surface area contributed by atoms with Crippen LogP contribution in [0.15, 0.2) is 12.1 Å². The Kier molecular flexibility index (Phi) is 11.4. The van der Waals surface area contributed by atoms with Gasteiger partial charge in [0.05, 0.1) is 7.11 Å². The van der Waals surface area contributed by atoms with E-state index in [-0.39, 0.29) is 72.0 Å². The maximum Gasteiger partial charge on any atom is 0.244 e. The zero-order valence-electron chi connectivity index (χ0n) is 15.0. The van der Waals surface area contributed by atoms with Crippen molar-refractivity contribution in [3.63, 3.8) is 0 Å². The average molecular weight is 567 g/mol. The maximum absolute atomic E-state index is 12.6. The van der Waals surface area contributed by atoms with Crippen LogP contribution in [-0.4, -0.2) is 37.6 Å². The van der Waals surface area contributed by atoms with Gasteiger partial charge in [-0.2, -0.15) is 0 Å². The standard InChI is InChI=1S/C16H24N2O2.CH3.Re.Y/c1-11-9-13(20-5)10-12(2)14(11)17-15(19)16(18(3)4)7-6-8-16;;;/h9-10H,6-8H2,1-5H3,(H,17,19);1H3;;/q;-1;;. The van der Waals surface area contributed by atoms with Gasteiger partial charge in [-0.15, -0.1) is 0 Å². The minimum Gasteiger partial charge on any atom is -0.497 e. The van der Waals surface area contributed by atoms with Crippen LogP contribution in [0.1, 0.15) is 30.4 Å². The fraction of sp³-hybridized carbons (Fsp3) is 0.529. The van der Waals surface area contributed by atoms with Crippen molar-refractivity contribution in [2.75, 3.05) is 26.5 Å². The summed E-state index contributed by atoms with van der Waals surface area (Å²) in [5, 5.41) is 3.12. The number of carbonyl (C=O) groups is 1. The van der Waals surface area contributed by atoms with Gasteiger partial charge in [-0.05, 0) is 70.5 Å². The van der Waals surface area contributed by atoms with Crippen LogP contribution < -0.4 is 10.1 Å². The van der Waals surface area contributed by atoms with Crippen molar-refractivity contribution in [3.8, 4) is 5.75 Å². The molecule has 2 radical (unpaired) electrons. The number of hydrogen-bond donors (Lipinski definition) is 1. The molecule has 1 amide bonds. The van der Waals surface area contributed by atoms with E-state index in [1.165, 1.54) is 0 Å². The van der Waals surface area contributed by atoms with Gasteiger partial charge in [0.1, 0.15) is 11.3 Å². The minimum atomic E-state index is -0.335. The maximum atomic E-state index is 12.6. The van der Waals surface area contributed by atoms with Crippen molar-refractivity contribution < 1.29 is 62.7 Å². The molecule has 0 bridgehead atoms. The van der Waals surface area contributed by atoms with Crippen molar-refractivity contribution in [3.05, 3.63) is 30.7 Å². The molecule has 0 saturated heterocycles. The summed E-state index contributed by atoms with van der Waals surface area (Å²) in [5.74, 6) is 0.925. The van der Waals surface area contributed by atoms with E-state index in [4.69, 9.17) is 4.74 Å². The number of likely N-dealkylation sites (N-methyl/N-ethyl adjacent to an activating group) is 1. The first-order valence-corrected chi connectivity index (χ1v) is 7.05. The summed E-state index contributed by atoms with van der Waals surface area (Å²) in [6.07, 6.45) is 2.98. The fourth-order valence-electron chi connectivity index (χ4n) is 2.86. The van der Waals surface area contributed by atoms with E-state index in [2.05, 4.69) is 5.32 Å². The molecule has 1 N–H and O–H groups in total. The first-order valence-electron chi connectivity index (χ1n) is 7.05. The normalized spacial score (nSPS) is 14.5. The Bertz CT molecular complexity index is 508. The summed E-state index contributed by atoms with van der Waals surface area (Å²) < 4.78 is 5.25. The third kappa shape index (κ3) is 5.09. The number of ether oxygens (including phenoxy) is 1. The molecule has 23 heavy (non-hydrogen) atoms. The summed E-state index contributed by atoms with van der Waals surface area (Å²) in [4.78, 5) is 14.7. The molecule has 128 valence electrons. The van der Waals surface area contributed by atoms with Crippen molar-refractivity contribution in [1.82, 2.24) is 4.90 Å². The van der Waals surface area contributed by atoms with Gasteiger partial charge >= 0.3 is 0 Å². The molecular formula is C17H27N2O2ReY-. The van der Waals surface area contributed by atoms with E-state index in [0.717, 1.165) is 41.8 Å². The number of carbonyl (C=O) groups excluding carboxylic acids is 1. The van der Waals surface area contributed by atoms with Crippen molar-refractivity contribution >= 4 is 11.6 Å². The first kappa shape index (κ1) is 25.5. The number of methoxy groups -OCH3 is 1. The molecule has 4 nitrogen and oxygen atoms in total. The molecule has 0 aliphatic heterocycles. The largest absolute Gasteiger partial charge is 0.497 e. The number of nitrogens with zero attached hydrogens (tertiary/aromatic N) is 1. The van der Waals surface area contributed by atoms with Crippen molar-refractivity contribution in [2.24, 2.45) is 0 Å². The number of amides is 1. The zero-order chi connectivity index (χ0) is 14.9. The Morgan fingerprint density at radius 2 is 1.70 bits per heavy atom. The first-order chi connectivity index (χ1) is 9.40. The Hall–Kier alpha value is 0.216. The van der Waals surface area contributed by atoms with E-state index in [9.17, 15) is 4.79 Å². The molecule has 1 fully saturated rings. The number of benzene rings is 1. The van der Waals surface area contributed by atoms with Crippen LogP contribution in [0.25, 0.3) is 0 Å². The predicted octanol–water partition coefficient (Wildman–Crippen LogP) is 3.18. The second-order valence-corrected chi connectivity index (χ2v) is 5.87. The Morgan fingerprint density at radius 1 is 1.22 bits per heavy atom. The van der Waals surface area contributed by atoms with Gasteiger partial charge in [0.2, 0.25) is 5.91 Å². The summed E-state index contributed by atoms with van der Waals surface area (Å²) in [6.45, 7) is 3.99. The smallest absolute Gasteiger partial charge is 0.244 e. The Morgan fingerprint density at radius 3 is 2.00 bits per heavy atom. The average Bonchev–Trinajstić information content (AvgIpc) is 2.31. The minimum absolute atomic E-state index is 0. The Balaban J connectivity index is 0. The van der Waals surface area contributed by atoms with E-state index >= 15 is 0 Å². The van der Waals surface area contributed by atoms with Crippen LogP contribution >= 0.6 is 0 Å². The molecule has 0 spiro atoms. The summed E-state index contributed by atoms with van der Waals surface area (Å²) in [6, 6.07) is 3.90.